The van der Waals surface area contributed by atoms with E-state index in [0.717, 1.165) is 11.1 Å². The zero-order chi connectivity index (χ0) is 20.1. The summed E-state index contributed by atoms with van der Waals surface area (Å²) in [6, 6.07) is 15.0. The van der Waals surface area contributed by atoms with Crippen LogP contribution < -0.4 is 5.32 Å². The maximum absolute atomic E-state index is 12.4. The molecule has 2 unspecified atom stereocenters. The molecule has 2 atom stereocenters. The Labute approximate surface area is 163 Å². The van der Waals surface area contributed by atoms with Gasteiger partial charge < -0.3 is 10.1 Å². The number of carbonyl (C=O) groups is 2. The number of benzene rings is 2. The van der Waals surface area contributed by atoms with Crippen LogP contribution in [0.4, 0.5) is 0 Å². The molecule has 0 aliphatic rings. The standard InChI is InChI=1S/C21H24N4O3/c1-4-25-19-11-10-17(12-18(19)23-24-25)21(27)28-15(3)20(26)22-13-14(2)16-8-6-5-7-9-16/h5-12,14-15H,4,13H2,1-3H3,(H,22,26). The highest BCUT2D eigenvalue weighted by molar-refractivity contribution is 5.95. The van der Waals surface area contributed by atoms with Crippen molar-refractivity contribution < 1.29 is 14.3 Å². The average molecular weight is 380 g/mol. The second-order valence-electron chi connectivity index (χ2n) is 6.71. The number of carbonyl (C=O) groups excluding carboxylic acids is 2. The SMILES string of the molecule is CCn1nnc2cc(C(=O)OC(C)C(=O)NCC(C)c3ccccc3)ccc21. The van der Waals surface area contributed by atoms with E-state index in [1.54, 1.807) is 29.8 Å². The van der Waals surface area contributed by atoms with Crippen molar-refractivity contribution in [2.45, 2.75) is 39.3 Å². The third kappa shape index (κ3) is 4.36. The summed E-state index contributed by atoms with van der Waals surface area (Å²) in [5.41, 5.74) is 2.94. The molecular formula is C21H24N4O3. The maximum Gasteiger partial charge on any atom is 0.338 e. The Kier molecular flexibility index (Phi) is 6.03. The second kappa shape index (κ2) is 8.65. The molecule has 0 spiro atoms. The summed E-state index contributed by atoms with van der Waals surface area (Å²) in [5, 5.41) is 10.9. The van der Waals surface area contributed by atoms with Crippen molar-refractivity contribution in [3.8, 4) is 0 Å². The minimum absolute atomic E-state index is 0.164. The number of nitrogens with one attached hydrogen (secondary N) is 1. The number of aromatic nitrogens is 3. The molecule has 7 nitrogen and oxygen atoms in total. The van der Waals surface area contributed by atoms with Gasteiger partial charge in [-0.2, -0.15) is 0 Å². The van der Waals surface area contributed by atoms with E-state index in [1.165, 1.54) is 0 Å². The lowest BCUT2D eigenvalue weighted by Crippen LogP contribution is -2.37. The van der Waals surface area contributed by atoms with E-state index in [-0.39, 0.29) is 11.8 Å². The lowest BCUT2D eigenvalue weighted by atomic mass is 10.0. The predicted molar refractivity (Wildman–Crippen MR) is 106 cm³/mol. The van der Waals surface area contributed by atoms with Gasteiger partial charge in [0.2, 0.25) is 0 Å². The molecule has 146 valence electrons. The highest BCUT2D eigenvalue weighted by Crippen LogP contribution is 2.15. The molecule has 0 radical (unpaired) electrons. The fourth-order valence-corrected chi connectivity index (χ4v) is 2.91. The summed E-state index contributed by atoms with van der Waals surface area (Å²) >= 11 is 0. The Morgan fingerprint density at radius 1 is 1.14 bits per heavy atom. The van der Waals surface area contributed by atoms with Gasteiger partial charge in [-0.05, 0) is 43.5 Å². The van der Waals surface area contributed by atoms with Crippen molar-refractivity contribution in [3.05, 3.63) is 59.7 Å². The topological polar surface area (TPSA) is 86.1 Å². The van der Waals surface area contributed by atoms with Gasteiger partial charge >= 0.3 is 5.97 Å². The number of esters is 1. The van der Waals surface area contributed by atoms with E-state index >= 15 is 0 Å². The van der Waals surface area contributed by atoms with Crippen LogP contribution in [0, 0.1) is 0 Å². The normalized spacial score (nSPS) is 13.1. The first-order valence-electron chi connectivity index (χ1n) is 9.36. The molecule has 1 heterocycles. The van der Waals surface area contributed by atoms with Crippen molar-refractivity contribution in [1.29, 1.82) is 0 Å². The number of hydrogen-bond acceptors (Lipinski definition) is 5. The van der Waals surface area contributed by atoms with Crippen LogP contribution in [0.15, 0.2) is 48.5 Å². The van der Waals surface area contributed by atoms with Crippen LogP contribution >= 0.6 is 0 Å². The number of hydrogen-bond donors (Lipinski definition) is 1. The van der Waals surface area contributed by atoms with Gasteiger partial charge in [0.1, 0.15) is 5.52 Å². The van der Waals surface area contributed by atoms with Gasteiger partial charge in [0.25, 0.3) is 5.91 Å². The van der Waals surface area contributed by atoms with Crippen LogP contribution in [0.1, 0.15) is 42.6 Å². The molecule has 0 aliphatic heterocycles. The van der Waals surface area contributed by atoms with Crippen LogP contribution in [-0.4, -0.2) is 39.5 Å². The molecule has 0 saturated carbocycles. The zero-order valence-electron chi connectivity index (χ0n) is 16.3. The minimum atomic E-state index is -0.891. The second-order valence-corrected chi connectivity index (χ2v) is 6.71. The molecule has 3 aromatic rings. The Morgan fingerprint density at radius 2 is 1.89 bits per heavy atom. The smallest absolute Gasteiger partial charge is 0.338 e. The number of aryl methyl sites for hydroxylation is 1. The van der Waals surface area contributed by atoms with Gasteiger partial charge in [0.15, 0.2) is 6.10 Å². The largest absolute Gasteiger partial charge is 0.449 e. The number of fused-ring (bicyclic) bond motifs is 1. The Balaban J connectivity index is 1.56. The van der Waals surface area contributed by atoms with Gasteiger partial charge in [-0.3, -0.25) is 4.79 Å². The van der Waals surface area contributed by atoms with Crippen LogP contribution in [0.25, 0.3) is 11.0 Å². The lowest BCUT2D eigenvalue weighted by Gasteiger charge is -2.16. The predicted octanol–water partition coefficient (Wildman–Crippen LogP) is 2.92. The molecule has 1 aromatic heterocycles. The van der Waals surface area contributed by atoms with E-state index in [0.29, 0.717) is 24.2 Å². The van der Waals surface area contributed by atoms with Crippen LogP contribution in [0.3, 0.4) is 0 Å². The van der Waals surface area contributed by atoms with Gasteiger partial charge in [0, 0.05) is 13.1 Å². The van der Waals surface area contributed by atoms with Crippen molar-refractivity contribution in [3.63, 3.8) is 0 Å². The van der Waals surface area contributed by atoms with E-state index in [2.05, 4.69) is 15.6 Å². The number of nitrogens with zero attached hydrogens (tertiary/aromatic N) is 3. The van der Waals surface area contributed by atoms with E-state index in [4.69, 9.17) is 4.74 Å². The van der Waals surface area contributed by atoms with Crippen molar-refractivity contribution >= 4 is 22.9 Å². The molecule has 3 rings (SSSR count). The van der Waals surface area contributed by atoms with E-state index in [9.17, 15) is 9.59 Å². The van der Waals surface area contributed by atoms with Crippen molar-refractivity contribution in [1.82, 2.24) is 20.3 Å². The number of amides is 1. The van der Waals surface area contributed by atoms with Crippen LogP contribution in [0.5, 0.6) is 0 Å². The van der Waals surface area contributed by atoms with Crippen molar-refractivity contribution in [2.75, 3.05) is 6.54 Å². The summed E-state index contributed by atoms with van der Waals surface area (Å²) in [6.07, 6.45) is -0.891. The van der Waals surface area contributed by atoms with E-state index < -0.39 is 12.1 Å². The molecule has 2 aromatic carbocycles. The third-order valence-corrected chi connectivity index (χ3v) is 4.65. The van der Waals surface area contributed by atoms with E-state index in [1.807, 2.05) is 44.2 Å². The van der Waals surface area contributed by atoms with Gasteiger partial charge in [0.05, 0.1) is 11.1 Å². The summed E-state index contributed by atoms with van der Waals surface area (Å²) in [7, 11) is 0. The Bertz CT molecular complexity index is 968. The fourth-order valence-electron chi connectivity index (χ4n) is 2.91. The molecule has 0 bridgehead atoms. The Hall–Kier alpha value is -3.22. The summed E-state index contributed by atoms with van der Waals surface area (Å²) in [5.74, 6) is -0.725. The summed E-state index contributed by atoms with van der Waals surface area (Å²) in [4.78, 5) is 24.7. The van der Waals surface area contributed by atoms with Crippen molar-refractivity contribution in [2.24, 2.45) is 0 Å². The molecule has 28 heavy (non-hydrogen) atoms. The number of ether oxygens (including phenoxy) is 1. The molecule has 1 N–H and O–H groups in total. The summed E-state index contributed by atoms with van der Waals surface area (Å²) in [6.45, 7) is 6.72. The minimum Gasteiger partial charge on any atom is -0.449 e. The monoisotopic (exact) mass is 380 g/mol. The molecule has 0 fully saturated rings. The molecular weight excluding hydrogens is 356 g/mol. The summed E-state index contributed by atoms with van der Waals surface area (Å²) < 4.78 is 7.06. The first kappa shape index (κ1) is 19.5. The molecule has 7 heteroatoms. The quantitative estimate of drug-likeness (QED) is 0.637. The zero-order valence-corrected chi connectivity index (χ0v) is 16.3. The fraction of sp³-hybridized carbons (Fsp3) is 0.333. The van der Waals surface area contributed by atoms with Crippen LogP contribution in [0.2, 0.25) is 0 Å². The molecule has 0 saturated heterocycles. The average Bonchev–Trinajstić information content (AvgIpc) is 3.14. The maximum atomic E-state index is 12.4. The van der Waals surface area contributed by atoms with Gasteiger partial charge in [-0.15, -0.1) is 5.10 Å². The van der Waals surface area contributed by atoms with Gasteiger partial charge in [-0.1, -0.05) is 42.5 Å². The lowest BCUT2D eigenvalue weighted by molar-refractivity contribution is -0.129. The van der Waals surface area contributed by atoms with Gasteiger partial charge in [-0.25, -0.2) is 9.48 Å². The molecule has 0 aliphatic carbocycles. The molecule has 1 amide bonds. The van der Waals surface area contributed by atoms with Crippen LogP contribution in [-0.2, 0) is 16.1 Å². The highest BCUT2D eigenvalue weighted by Gasteiger charge is 2.20. The number of rotatable bonds is 7. The highest BCUT2D eigenvalue weighted by atomic mass is 16.5. The first-order chi connectivity index (χ1) is 13.5. The first-order valence-corrected chi connectivity index (χ1v) is 9.36. The third-order valence-electron chi connectivity index (χ3n) is 4.65. The Morgan fingerprint density at radius 3 is 2.61 bits per heavy atom.